The number of hydrogen-bond acceptors (Lipinski definition) is 3. The summed E-state index contributed by atoms with van der Waals surface area (Å²) in [4.78, 5) is 13.7. The average Bonchev–Trinajstić information content (AvgIpc) is 2.22. The summed E-state index contributed by atoms with van der Waals surface area (Å²) >= 11 is 0. The molecule has 0 aromatic rings. The molecule has 16 heavy (non-hydrogen) atoms. The molecule has 0 heterocycles. The molecule has 0 aliphatic rings. The predicted octanol–water partition coefficient (Wildman–Crippen LogP) is 1.37. The molecule has 0 aromatic heterocycles. The highest BCUT2D eigenvalue weighted by Crippen LogP contribution is 2.19. The standard InChI is InChI=1S/C12H23N3O/c1-6-15(8-9(2)7-13)11(16)10(14)12(3,4)5/h9-10H,6,8,14H2,1-5H3/t9?,10-/m1/s1. The van der Waals surface area contributed by atoms with E-state index in [1.807, 2.05) is 27.7 Å². The summed E-state index contributed by atoms with van der Waals surface area (Å²) in [6.07, 6.45) is 0. The Hall–Kier alpha value is -1.08. The zero-order chi connectivity index (χ0) is 12.9. The molecule has 0 aliphatic carbocycles. The van der Waals surface area contributed by atoms with Crippen LogP contribution in [0.25, 0.3) is 0 Å². The van der Waals surface area contributed by atoms with Crippen LogP contribution < -0.4 is 5.73 Å². The summed E-state index contributed by atoms with van der Waals surface area (Å²) in [6, 6.07) is 1.61. The average molecular weight is 225 g/mol. The van der Waals surface area contributed by atoms with E-state index in [4.69, 9.17) is 11.0 Å². The van der Waals surface area contributed by atoms with E-state index in [2.05, 4.69) is 6.07 Å². The quantitative estimate of drug-likeness (QED) is 0.785. The van der Waals surface area contributed by atoms with Crippen LogP contribution in [0.15, 0.2) is 0 Å². The molecule has 92 valence electrons. The van der Waals surface area contributed by atoms with Gasteiger partial charge in [-0.05, 0) is 19.3 Å². The summed E-state index contributed by atoms with van der Waals surface area (Å²) < 4.78 is 0. The molecular formula is C12H23N3O. The van der Waals surface area contributed by atoms with Gasteiger partial charge in [0.1, 0.15) is 0 Å². The summed E-state index contributed by atoms with van der Waals surface area (Å²) in [5, 5.41) is 8.74. The minimum atomic E-state index is -0.515. The molecule has 2 N–H and O–H groups in total. The van der Waals surface area contributed by atoms with E-state index in [-0.39, 0.29) is 17.2 Å². The van der Waals surface area contributed by atoms with E-state index < -0.39 is 6.04 Å². The van der Waals surface area contributed by atoms with Crippen LogP contribution in [0.5, 0.6) is 0 Å². The normalized spacial score (nSPS) is 15.1. The summed E-state index contributed by atoms with van der Waals surface area (Å²) in [6.45, 7) is 10.6. The van der Waals surface area contributed by atoms with Gasteiger partial charge < -0.3 is 10.6 Å². The number of rotatable bonds is 4. The molecule has 0 fully saturated rings. The minimum Gasteiger partial charge on any atom is -0.340 e. The van der Waals surface area contributed by atoms with Crippen molar-refractivity contribution >= 4 is 5.91 Å². The lowest BCUT2D eigenvalue weighted by molar-refractivity contribution is -0.135. The van der Waals surface area contributed by atoms with Gasteiger partial charge in [-0.15, -0.1) is 0 Å². The number of nitriles is 1. The van der Waals surface area contributed by atoms with Crippen molar-refractivity contribution in [3.05, 3.63) is 0 Å². The SMILES string of the molecule is CCN(CC(C)C#N)C(=O)[C@@H](N)C(C)(C)C. The third kappa shape index (κ3) is 4.19. The molecule has 1 amide bonds. The Balaban J connectivity index is 4.61. The van der Waals surface area contributed by atoms with Crippen LogP contribution in [0.2, 0.25) is 0 Å². The topological polar surface area (TPSA) is 70.1 Å². The van der Waals surface area contributed by atoms with Gasteiger partial charge in [-0.3, -0.25) is 4.79 Å². The van der Waals surface area contributed by atoms with Gasteiger partial charge in [0.2, 0.25) is 5.91 Å². The van der Waals surface area contributed by atoms with Crippen LogP contribution in [-0.2, 0) is 4.79 Å². The third-order valence-corrected chi connectivity index (χ3v) is 2.61. The molecule has 1 unspecified atom stereocenters. The number of hydrogen-bond donors (Lipinski definition) is 1. The van der Waals surface area contributed by atoms with Crippen LogP contribution in [0.4, 0.5) is 0 Å². The maximum Gasteiger partial charge on any atom is 0.240 e. The first-order valence-electron chi connectivity index (χ1n) is 5.68. The lowest BCUT2D eigenvalue weighted by Crippen LogP contribution is -2.51. The van der Waals surface area contributed by atoms with Crippen LogP contribution in [-0.4, -0.2) is 29.9 Å². The Labute approximate surface area is 98.4 Å². The molecule has 0 aliphatic heterocycles. The number of carbonyl (C=O) groups is 1. The summed E-state index contributed by atoms with van der Waals surface area (Å²) in [5.74, 6) is -0.229. The highest BCUT2D eigenvalue weighted by Gasteiger charge is 2.30. The molecule has 0 bridgehead atoms. The molecular weight excluding hydrogens is 202 g/mol. The zero-order valence-electron chi connectivity index (χ0n) is 10.9. The molecule has 0 rings (SSSR count). The first-order valence-corrected chi connectivity index (χ1v) is 5.68. The number of amides is 1. The Bertz CT molecular complexity index is 275. The first kappa shape index (κ1) is 14.9. The van der Waals surface area contributed by atoms with E-state index in [0.717, 1.165) is 0 Å². The largest absolute Gasteiger partial charge is 0.340 e. The molecule has 0 aromatic carbocycles. The fraction of sp³-hybridized carbons (Fsp3) is 0.833. The highest BCUT2D eigenvalue weighted by molar-refractivity contribution is 5.82. The van der Waals surface area contributed by atoms with Crippen molar-refractivity contribution in [1.29, 1.82) is 5.26 Å². The lowest BCUT2D eigenvalue weighted by atomic mass is 9.86. The van der Waals surface area contributed by atoms with E-state index in [0.29, 0.717) is 13.1 Å². The van der Waals surface area contributed by atoms with E-state index in [1.165, 1.54) is 0 Å². The molecule has 0 spiro atoms. The summed E-state index contributed by atoms with van der Waals surface area (Å²) in [7, 11) is 0. The second-order valence-electron chi connectivity index (χ2n) is 5.25. The Morgan fingerprint density at radius 2 is 2.00 bits per heavy atom. The highest BCUT2D eigenvalue weighted by atomic mass is 16.2. The number of nitrogens with zero attached hydrogens (tertiary/aromatic N) is 2. The smallest absolute Gasteiger partial charge is 0.240 e. The van der Waals surface area contributed by atoms with Crippen LogP contribution in [0, 0.1) is 22.7 Å². The Morgan fingerprint density at radius 1 is 1.50 bits per heavy atom. The van der Waals surface area contributed by atoms with Gasteiger partial charge in [-0.25, -0.2) is 0 Å². The number of carbonyl (C=O) groups excluding carboxylic acids is 1. The molecule has 0 radical (unpaired) electrons. The Kier molecular flexibility index (Phi) is 5.46. The zero-order valence-corrected chi connectivity index (χ0v) is 10.9. The van der Waals surface area contributed by atoms with Crippen molar-refractivity contribution in [1.82, 2.24) is 4.90 Å². The van der Waals surface area contributed by atoms with Gasteiger partial charge in [-0.2, -0.15) is 5.26 Å². The number of likely N-dealkylation sites (N-methyl/N-ethyl adjacent to an activating group) is 1. The molecule has 0 saturated heterocycles. The lowest BCUT2D eigenvalue weighted by Gasteiger charge is -2.32. The maximum absolute atomic E-state index is 12.1. The maximum atomic E-state index is 12.1. The first-order chi connectivity index (χ1) is 7.23. The van der Waals surface area contributed by atoms with Crippen molar-refractivity contribution in [3.8, 4) is 6.07 Å². The van der Waals surface area contributed by atoms with Crippen LogP contribution in [0.3, 0.4) is 0 Å². The van der Waals surface area contributed by atoms with Gasteiger partial charge in [-0.1, -0.05) is 20.8 Å². The van der Waals surface area contributed by atoms with Gasteiger partial charge in [0.25, 0.3) is 0 Å². The van der Waals surface area contributed by atoms with Crippen LogP contribution in [0.1, 0.15) is 34.6 Å². The molecule has 0 saturated carbocycles. The van der Waals surface area contributed by atoms with Crippen molar-refractivity contribution < 1.29 is 4.79 Å². The van der Waals surface area contributed by atoms with E-state index in [1.54, 1.807) is 11.8 Å². The van der Waals surface area contributed by atoms with Gasteiger partial charge in [0.05, 0.1) is 18.0 Å². The van der Waals surface area contributed by atoms with Crippen molar-refractivity contribution in [3.63, 3.8) is 0 Å². The fourth-order valence-electron chi connectivity index (χ4n) is 1.31. The molecule has 2 atom stereocenters. The Morgan fingerprint density at radius 3 is 2.31 bits per heavy atom. The van der Waals surface area contributed by atoms with Crippen molar-refractivity contribution in [2.45, 2.75) is 40.7 Å². The summed E-state index contributed by atoms with van der Waals surface area (Å²) in [5.41, 5.74) is 5.66. The fourth-order valence-corrected chi connectivity index (χ4v) is 1.31. The van der Waals surface area contributed by atoms with Gasteiger partial charge in [0, 0.05) is 13.1 Å². The second-order valence-corrected chi connectivity index (χ2v) is 5.25. The predicted molar refractivity (Wildman–Crippen MR) is 64.5 cm³/mol. The van der Waals surface area contributed by atoms with Crippen molar-refractivity contribution in [2.24, 2.45) is 17.1 Å². The van der Waals surface area contributed by atoms with Gasteiger partial charge in [0.15, 0.2) is 0 Å². The third-order valence-electron chi connectivity index (χ3n) is 2.61. The van der Waals surface area contributed by atoms with E-state index >= 15 is 0 Å². The van der Waals surface area contributed by atoms with E-state index in [9.17, 15) is 4.79 Å². The van der Waals surface area contributed by atoms with Gasteiger partial charge >= 0.3 is 0 Å². The second kappa shape index (κ2) is 5.86. The van der Waals surface area contributed by atoms with Crippen LogP contribution >= 0.6 is 0 Å². The van der Waals surface area contributed by atoms with Crippen molar-refractivity contribution in [2.75, 3.05) is 13.1 Å². The molecule has 4 heteroatoms. The minimum absolute atomic E-state index is 0.0721. The molecule has 4 nitrogen and oxygen atoms in total. The number of nitrogens with two attached hydrogens (primary N) is 1. The monoisotopic (exact) mass is 225 g/mol.